The van der Waals surface area contributed by atoms with Crippen LogP contribution in [0.4, 0.5) is 8.39 Å². The Morgan fingerprint density at radius 2 is 1.00 bits per heavy atom. The summed E-state index contributed by atoms with van der Waals surface area (Å²) in [7, 11) is -6.20. The van der Waals surface area contributed by atoms with Gasteiger partial charge in [0, 0.05) is 0 Å². The molecular formula is C12H21F2O3P. The Labute approximate surface area is 108 Å². The number of halogens is 2. The molecule has 6 heteroatoms. The van der Waals surface area contributed by atoms with Crippen molar-refractivity contribution in [3.05, 3.63) is 38.0 Å². The average Bonchev–Trinajstić information content (AvgIpc) is 2.27. The molecule has 0 aliphatic heterocycles. The van der Waals surface area contributed by atoms with Crippen LogP contribution in [-0.2, 0) is 13.6 Å². The zero-order valence-electron chi connectivity index (χ0n) is 11.0. The van der Waals surface area contributed by atoms with E-state index in [4.69, 9.17) is 0 Å². The zero-order valence-corrected chi connectivity index (χ0v) is 11.9. The van der Waals surface area contributed by atoms with Gasteiger partial charge in [0.1, 0.15) is 0 Å². The maximum absolute atomic E-state index is 14.4. The fourth-order valence-electron chi connectivity index (χ4n) is 0.988. The van der Waals surface area contributed by atoms with E-state index >= 15 is 0 Å². The van der Waals surface area contributed by atoms with Crippen LogP contribution in [0.3, 0.4) is 0 Å². The Kier molecular flexibility index (Phi) is 6.30. The molecule has 106 valence electrons. The third-order valence-electron chi connectivity index (χ3n) is 1.99. The molecule has 0 radical (unpaired) electrons. The van der Waals surface area contributed by atoms with Crippen LogP contribution in [-0.4, -0.2) is 18.3 Å². The summed E-state index contributed by atoms with van der Waals surface area (Å²) in [6.45, 7) is 14.4. The van der Waals surface area contributed by atoms with Gasteiger partial charge in [-0.3, -0.25) is 0 Å². The fourth-order valence-corrected chi connectivity index (χ4v) is 2.96. The van der Waals surface area contributed by atoms with Crippen LogP contribution in [0.15, 0.2) is 38.0 Å². The van der Waals surface area contributed by atoms with Crippen molar-refractivity contribution in [2.45, 2.75) is 39.1 Å². The molecule has 0 aromatic carbocycles. The first-order valence-corrected chi connectivity index (χ1v) is 7.32. The van der Waals surface area contributed by atoms with Crippen molar-refractivity contribution in [2.24, 2.45) is 0 Å². The second kappa shape index (κ2) is 6.53. The summed E-state index contributed by atoms with van der Waals surface area (Å²) in [6.07, 6.45) is 1.03. The topological polar surface area (TPSA) is 27.7 Å². The van der Waals surface area contributed by atoms with Gasteiger partial charge in [0.05, 0.1) is 0 Å². The first kappa shape index (κ1) is 17.4. The molecule has 3 nitrogen and oxygen atoms in total. The number of hydrogen-bond acceptors (Lipinski definition) is 3. The van der Waals surface area contributed by atoms with Crippen molar-refractivity contribution in [1.82, 2.24) is 0 Å². The van der Waals surface area contributed by atoms with Crippen molar-refractivity contribution in [2.75, 3.05) is 0 Å². The Morgan fingerprint density at radius 3 is 1.17 bits per heavy atom. The van der Waals surface area contributed by atoms with Crippen LogP contribution in [0, 0.1) is 0 Å². The molecule has 3 atom stereocenters. The predicted octanol–water partition coefficient (Wildman–Crippen LogP) is 4.83. The van der Waals surface area contributed by atoms with E-state index in [1.807, 2.05) is 0 Å². The van der Waals surface area contributed by atoms with Gasteiger partial charge in [-0.15, -0.1) is 0 Å². The molecule has 0 bridgehead atoms. The van der Waals surface area contributed by atoms with Crippen molar-refractivity contribution >= 4 is 7.91 Å². The molecule has 0 aliphatic rings. The van der Waals surface area contributed by atoms with Crippen LogP contribution in [0.25, 0.3) is 0 Å². The minimum atomic E-state index is -6.20. The molecule has 0 rings (SSSR count). The van der Waals surface area contributed by atoms with Crippen molar-refractivity contribution < 1.29 is 22.0 Å². The molecular weight excluding hydrogens is 261 g/mol. The van der Waals surface area contributed by atoms with Gasteiger partial charge in [0.2, 0.25) is 0 Å². The minimum absolute atomic E-state index is 0.897. The predicted molar refractivity (Wildman–Crippen MR) is 71.4 cm³/mol. The molecule has 18 heavy (non-hydrogen) atoms. The summed E-state index contributed by atoms with van der Waals surface area (Å²) in [5, 5.41) is 0. The summed E-state index contributed by atoms with van der Waals surface area (Å²) >= 11 is 0. The van der Waals surface area contributed by atoms with E-state index in [0.29, 0.717) is 0 Å². The second-order valence-corrected chi connectivity index (χ2v) is 5.88. The van der Waals surface area contributed by atoms with E-state index in [-0.39, 0.29) is 0 Å². The van der Waals surface area contributed by atoms with Gasteiger partial charge >= 0.3 is 107 Å². The monoisotopic (exact) mass is 282 g/mol. The van der Waals surface area contributed by atoms with Crippen LogP contribution >= 0.6 is 7.91 Å². The van der Waals surface area contributed by atoms with Gasteiger partial charge in [-0.2, -0.15) is 0 Å². The van der Waals surface area contributed by atoms with Crippen LogP contribution in [0.1, 0.15) is 20.8 Å². The SMILES string of the molecule is C=CC(C)OP(F)(F)(OC(C)C=C)OC(C)C=C. The molecule has 0 saturated heterocycles. The van der Waals surface area contributed by atoms with E-state index in [1.165, 1.54) is 39.0 Å². The number of rotatable bonds is 9. The van der Waals surface area contributed by atoms with Crippen LogP contribution in [0.2, 0.25) is 0 Å². The maximum atomic E-state index is 14.4. The fraction of sp³-hybridized carbons (Fsp3) is 0.500. The molecule has 0 fully saturated rings. The molecule has 0 N–H and O–H groups in total. The summed E-state index contributed by atoms with van der Waals surface area (Å²) < 4.78 is 42.9. The van der Waals surface area contributed by atoms with E-state index in [9.17, 15) is 8.39 Å². The van der Waals surface area contributed by atoms with E-state index in [1.54, 1.807) is 0 Å². The quantitative estimate of drug-likeness (QED) is 0.448. The molecule has 0 amide bonds. The second-order valence-electron chi connectivity index (χ2n) is 3.84. The van der Waals surface area contributed by atoms with E-state index in [2.05, 4.69) is 33.3 Å². The molecule has 3 unspecified atom stereocenters. The Bertz CT molecular complexity index is 273. The molecule has 0 saturated carbocycles. The summed E-state index contributed by atoms with van der Waals surface area (Å²) in [5.74, 6) is 0. The molecule has 0 aromatic heterocycles. The standard InChI is InChI=1S/C12H21F2O3P/c1-7-10(4)15-18(13,14,16-11(5)8-2)17-12(6)9-3/h7-12H,1-3H2,4-6H3. The Morgan fingerprint density at radius 1 is 0.778 bits per heavy atom. The van der Waals surface area contributed by atoms with Gasteiger partial charge in [-0.25, -0.2) is 0 Å². The molecule has 0 spiro atoms. The molecule has 0 heterocycles. The van der Waals surface area contributed by atoms with Crippen LogP contribution in [0.5, 0.6) is 0 Å². The third-order valence-corrected chi connectivity index (χ3v) is 3.98. The Hall–Kier alpha value is -0.610. The number of hydrogen-bond donors (Lipinski definition) is 0. The summed E-state index contributed by atoms with van der Waals surface area (Å²) in [4.78, 5) is 0. The van der Waals surface area contributed by atoms with Crippen molar-refractivity contribution in [3.8, 4) is 0 Å². The van der Waals surface area contributed by atoms with Gasteiger partial charge in [0.15, 0.2) is 0 Å². The Balaban J connectivity index is 5.14. The molecule has 0 aliphatic carbocycles. The summed E-state index contributed by atoms with van der Waals surface area (Å²) in [6, 6.07) is 0. The van der Waals surface area contributed by atoms with Gasteiger partial charge in [-0.1, -0.05) is 0 Å². The van der Waals surface area contributed by atoms with Gasteiger partial charge in [-0.05, 0) is 0 Å². The average molecular weight is 282 g/mol. The van der Waals surface area contributed by atoms with E-state index in [0.717, 1.165) is 0 Å². The first-order valence-electron chi connectivity index (χ1n) is 5.55. The zero-order chi connectivity index (χ0) is 14.4. The van der Waals surface area contributed by atoms with Crippen molar-refractivity contribution in [1.29, 1.82) is 0 Å². The first-order chi connectivity index (χ1) is 8.15. The normalized spacial score (nSPS) is 19.1. The van der Waals surface area contributed by atoms with Crippen LogP contribution < -0.4 is 0 Å². The van der Waals surface area contributed by atoms with E-state index < -0.39 is 26.2 Å². The summed E-state index contributed by atoms with van der Waals surface area (Å²) in [5.41, 5.74) is 0. The van der Waals surface area contributed by atoms with Gasteiger partial charge in [0.25, 0.3) is 0 Å². The van der Waals surface area contributed by atoms with Gasteiger partial charge < -0.3 is 0 Å². The molecule has 0 aromatic rings. The van der Waals surface area contributed by atoms with Crippen molar-refractivity contribution in [3.63, 3.8) is 0 Å². The third kappa shape index (κ3) is 5.83.